The van der Waals surface area contributed by atoms with Gasteiger partial charge in [0.25, 0.3) is 5.56 Å². The summed E-state index contributed by atoms with van der Waals surface area (Å²) < 4.78 is 3.35. The Kier molecular flexibility index (Phi) is 1.84. The summed E-state index contributed by atoms with van der Waals surface area (Å²) >= 11 is 0. The predicted molar refractivity (Wildman–Crippen MR) is 54.5 cm³/mol. The van der Waals surface area contributed by atoms with Crippen molar-refractivity contribution in [3.05, 3.63) is 28.6 Å². The highest BCUT2D eigenvalue weighted by Gasteiger charge is 2.11. The molecule has 4 nitrogen and oxygen atoms in total. The summed E-state index contributed by atoms with van der Waals surface area (Å²) in [6.45, 7) is 2.50. The molecule has 1 aromatic carbocycles. The lowest BCUT2D eigenvalue weighted by molar-refractivity contribution is 0.481. The lowest BCUT2D eigenvalue weighted by Gasteiger charge is -2.02. The van der Waals surface area contributed by atoms with Gasteiger partial charge in [0.15, 0.2) is 0 Å². The van der Waals surface area contributed by atoms with E-state index in [1.165, 1.54) is 6.07 Å². The van der Waals surface area contributed by atoms with Crippen molar-refractivity contribution in [2.75, 3.05) is 0 Å². The van der Waals surface area contributed by atoms with Crippen LogP contribution < -0.4 is 5.56 Å². The maximum atomic E-state index is 11.8. The fraction of sp³-hybridized carbons (Fsp3) is 0.300. The summed E-state index contributed by atoms with van der Waals surface area (Å²) in [4.78, 5) is 11.8. The Labute approximate surface area is 81.0 Å². The van der Waals surface area contributed by atoms with Gasteiger partial charge in [0, 0.05) is 13.6 Å². The summed E-state index contributed by atoms with van der Waals surface area (Å²) in [5, 5.41) is 9.96. The molecule has 0 radical (unpaired) electrons. The minimum Gasteiger partial charge on any atom is -0.507 e. The Balaban J connectivity index is 3.02. The van der Waals surface area contributed by atoms with Crippen LogP contribution in [-0.4, -0.2) is 14.5 Å². The molecule has 0 saturated carbocycles. The van der Waals surface area contributed by atoms with Gasteiger partial charge in [-0.2, -0.15) is 0 Å². The van der Waals surface area contributed by atoms with Gasteiger partial charge in [-0.3, -0.25) is 14.2 Å². The molecule has 0 saturated heterocycles. The zero-order valence-corrected chi connectivity index (χ0v) is 8.19. The number of phenols is 1. The SMILES string of the molecule is CCn1c(=O)c2c(O)cccc2n1C. The zero-order valence-electron chi connectivity index (χ0n) is 8.19. The van der Waals surface area contributed by atoms with Crippen LogP contribution in [0.2, 0.25) is 0 Å². The first kappa shape index (κ1) is 8.87. The van der Waals surface area contributed by atoms with E-state index >= 15 is 0 Å². The van der Waals surface area contributed by atoms with Crippen molar-refractivity contribution in [1.82, 2.24) is 9.36 Å². The molecular formula is C10H12N2O2. The Hall–Kier alpha value is -1.71. The van der Waals surface area contributed by atoms with Gasteiger partial charge < -0.3 is 5.11 Å². The minimum atomic E-state index is -0.136. The number of fused-ring (bicyclic) bond motifs is 1. The Morgan fingerprint density at radius 3 is 2.71 bits per heavy atom. The molecule has 0 aliphatic heterocycles. The second kappa shape index (κ2) is 2.90. The molecule has 2 rings (SSSR count). The molecule has 74 valence electrons. The van der Waals surface area contributed by atoms with Crippen LogP contribution in [0.4, 0.5) is 0 Å². The monoisotopic (exact) mass is 192 g/mol. The molecule has 0 aliphatic carbocycles. The molecule has 0 spiro atoms. The van der Waals surface area contributed by atoms with Crippen molar-refractivity contribution in [2.45, 2.75) is 13.5 Å². The van der Waals surface area contributed by atoms with Crippen LogP contribution in [0.15, 0.2) is 23.0 Å². The highest BCUT2D eigenvalue weighted by atomic mass is 16.3. The van der Waals surface area contributed by atoms with Crippen LogP contribution in [0.3, 0.4) is 0 Å². The first-order valence-corrected chi connectivity index (χ1v) is 4.54. The lowest BCUT2D eigenvalue weighted by atomic mass is 10.2. The molecule has 1 aromatic heterocycles. The van der Waals surface area contributed by atoms with E-state index in [4.69, 9.17) is 0 Å². The molecule has 0 aliphatic rings. The van der Waals surface area contributed by atoms with Crippen molar-refractivity contribution in [2.24, 2.45) is 7.05 Å². The van der Waals surface area contributed by atoms with Gasteiger partial charge in [0.05, 0.1) is 5.52 Å². The topological polar surface area (TPSA) is 47.2 Å². The largest absolute Gasteiger partial charge is 0.507 e. The van der Waals surface area contributed by atoms with Crippen molar-refractivity contribution in [1.29, 1.82) is 0 Å². The van der Waals surface area contributed by atoms with Crippen LogP contribution in [0, 0.1) is 0 Å². The second-order valence-electron chi connectivity index (χ2n) is 3.22. The van der Waals surface area contributed by atoms with E-state index in [9.17, 15) is 9.90 Å². The fourth-order valence-corrected chi connectivity index (χ4v) is 1.77. The van der Waals surface area contributed by atoms with Crippen LogP contribution in [0.5, 0.6) is 5.75 Å². The van der Waals surface area contributed by atoms with Crippen LogP contribution in [0.25, 0.3) is 10.9 Å². The van der Waals surface area contributed by atoms with E-state index in [-0.39, 0.29) is 11.3 Å². The van der Waals surface area contributed by atoms with Crippen LogP contribution in [-0.2, 0) is 13.6 Å². The third-order valence-electron chi connectivity index (χ3n) is 2.48. The molecule has 2 aromatic rings. The van der Waals surface area contributed by atoms with Crippen LogP contribution >= 0.6 is 0 Å². The molecule has 0 unspecified atom stereocenters. The molecule has 0 atom stereocenters. The quantitative estimate of drug-likeness (QED) is 0.734. The van der Waals surface area contributed by atoms with Gasteiger partial charge in [-0.25, -0.2) is 0 Å². The van der Waals surface area contributed by atoms with Crippen molar-refractivity contribution in [3.63, 3.8) is 0 Å². The third-order valence-corrected chi connectivity index (χ3v) is 2.48. The zero-order chi connectivity index (χ0) is 10.3. The number of nitrogens with zero attached hydrogens (tertiary/aromatic N) is 2. The normalized spacial score (nSPS) is 11.0. The molecule has 0 bridgehead atoms. The average Bonchev–Trinajstić information content (AvgIpc) is 2.41. The molecule has 14 heavy (non-hydrogen) atoms. The summed E-state index contributed by atoms with van der Waals surface area (Å²) in [5.74, 6) is 0.0512. The molecule has 1 N–H and O–H groups in total. The standard InChI is InChI=1S/C10H12N2O2/c1-3-12-10(14)9-7(11(12)2)5-4-6-8(9)13/h4-6,13H,3H2,1-2H3. The Morgan fingerprint density at radius 1 is 1.43 bits per heavy atom. The summed E-state index contributed by atoms with van der Waals surface area (Å²) in [6, 6.07) is 5.09. The van der Waals surface area contributed by atoms with E-state index < -0.39 is 0 Å². The smallest absolute Gasteiger partial charge is 0.278 e. The maximum Gasteiger partial charge on any atom is 0.278 e. The summed E-state index contributed by atoms with van der Waals surface area (Å²) in [6.07, 6.45) is 0. The van der Waals surface area contributed by atoms with E-state index in [0.29, 0.717) is 11.9 Å². The van der Waals surface area contributed by atoms with Gasteiger partial charge in [0.2, 0.25) is 0 Å². The molecule has 0 amide bonds. The Bertz CT molecular complexity index is 537. The maximum absolute atomic E-state index is 11.8. The third kappa shape index (κ3) is 0.968. The number of hydrogen-bond donors (Lipinski definition) is 1. The second-order valence-corrected chi connectivity index (χ2v) is 3.22. The van der Waals surface area contributed by atoms with E-state index in [2.05, 4.69) is 0 Å². The highest BCUT2D eigenvalue weighted by molar-refractivity contribution is 5.84. The van der Waals surface area contributed by atoms with Gasteiger partial charge in [0.1, 0.15) is 11.1 Å². The van der Waals surface area contributed by atoms with E-state index in [1.54, 1.807) is 15.4 Å². The fourth-order valence-electron chi connectivity index (χ4n) is 1.77. The van der Waals surface area contributed by atoms with Gasteiger partial charge in [-0.1, -0.05) is 6.07 Å². The van der Waals surface area contributed by atoms with Gasteiger partial charge in [-0.05, 0) is 19.1 Å². The first-order valence-electron chi connectivity index (χ1n) is 4.54. The average molecular weight is 192 g/mol. The summed E-state index contributed by atoms with van der Waals surface area (Å²) in [5.41, 5.74) is 0.625. The molecule has 1 heterocycles. The number of aromatic hydroxyl groups is 1. The minimum absolute atomic E-state index is 0.0512. The number of phenolic OH excluding ortho intramolecular Hbond substituents is 1. The predicted octanol–water partition coefficient (Wildman–Crippen LogP) is 1.07. The Morgan fingerprint density at radius 2 is 2.14 bits per heavy atom. The lowest BCUT2D eigenvalue weighted by Crippen LogP contribution is -2.19. The van der Waals surface area contributed by atoms with Gasteiger partial charge >= 0.3 is 0 Å². The van der Waals surface area contributed by atoms with E-state index in [1.807, 2.05) is 20.0 Å². The van der Waals surface area contributed by atoms with E-state index in [0.717, 1.165) is 5.52 Å². The van der Waals surface area contributed by atoms with Crippen molar-refractivity contribution in [3.8, 4) is 5.75 Å². The van der Waals surface area contributed by atoms with Crippen molar-refractivity contribution >= 4 is 10.9 Å². The number of aromatic nitrogens is 2. The molecule has 4 heteroatoms. The van der Waals surface area contributed by atoms with Gasteiger partial charge in [-0.15, -0.1) is 0 Å². The van der Waals surface area contributed by atoms with Crippen molar-refractivity contribution < 1.29 is 5.11 Å². The molecular weight excluding hydrogens is 180 g/mol. The number of hydrogen-bond acceptors (Lipinski definition) is 2. The number of rotatable bonds is 1. The number of benzene rings is 1. The molecule has 0 fully saturated rings. The highest BCUT2D eigenvalue weighted by Crippen LogP contribution is 2.20. The first-order chi connectivity index (χ1) is 6.66. The number of aryl methyl sites for hydroxylation is 1. The van der Waals surface area contributed by atoms with Crippen LogP contribution in [0.1, 0.15) is 6.92 Å². The summed E-state index contributed by atoms with van der Waals surface area (Å²) in [7, 11) is 1.81.